The van der Waals surface area contributed by atoms with Gasteiger partial charge in [-0.05, 0) is 29.8 Å². The first-order chi connectivity index (χ1) is 12.6. The molecule has 1 amide bonds. The summed E-state index contributed by atoms with van der Waals surface area (Å²) in [6, 6.07) is 5.37. The van der Waals surface area contributed by atoms with Crippen molar-refractivity contribution in [1.29, 1.82) is 0 Å². The Morgan fingerprint density at radius 2 is 1.56 bits per heavy atom. The Labute approximate surface area is 150 Å². The van der Waals surface area contributed by atoms with Crippen LogP contribution >= 0.6 is 0 Å². The highest BCUT2D eigenvalue weighted by molar-refractivity contribution is 5.85. The van der Waals surface area contributed by atoms with Crippen molar-refractivity contribution in [2.75, 3.05) is 0 Å². The van der Waals surface area contributed by atoms with Crippen LogP contribution in [0.4, 0.5) is 22.0 Å². The van der Waals surface area contributed by atoms with Gasteiger partial charge in [0.05, 0.1) is 12.0 Å². The number of rotatable bonds is 6. The summed E-state index contributed by atoms with van der Waals surface area (Å²) in [5.41, 5.74) is -1.15. The van der Waals surface area contributed by atoms with Crippen molar-refractivity contribution < 1.29 is 36.6 Å². The Bertz CT molecular complexity index is 814. The van der Waals surface area contributed by atoms with Gasteiger partial charge >= 0.3 is 12.1 Å². The zero-order valence-corrected chi connectivity index (χ0v) is 13.7. The van der Waals surface area contributed by atoms with Gasteiger partial charge in [0, 0.05) is 12.0 Å². The lowest BCUT2D eigenvalue weighted by atomic mass is 10.0. The molecule has 0 aromatic heterocycles. The molecule has 4 nitrogen and oxygen atoms in total. The molecule has 2 rings (SSSR count). The third-order valence-corrected chi connectivity index (χ3v) is 3.75. The van der Waals surface area contributed by atoms with Crippen molar-refractivity contribution in [1.82, 2.24) is 5.32 Å². The summed E-state index contributed by atoms with van der Waals surface area (Å²) in [6.45, 7) is 0. The quantitative estimate of drug-likeness (QED) is 0.748. The van der Waals surface area contributed by atoms with Crippen LogP contribution in [0.25, 0.3) is 0 Å². The lowest BCUT2D eigenvalue weighted by molar-refractivity contribution is -0.141. The van der Waals surface area contributed by atoms with Crippen LogP contribution in [0.1, 0.15) is 16.7 Å². The maximum Gasteiger partial charge on any atom is 0.416 e. The van der Waals surface area contributed by atoms with E-state index in [0.29, 0.717) is 0 Å². The number of hydrogen-bond donors (Lipinski definition) is 2. The van der Waals surface area contributed by atoms with E-state index in [2.05, 4.69) is 5.32 Å². The zero-order valence-electron chi connectivity index (χ0n) is 13.7. The van der Waals surface area contributed by atoms with E-state index in [1.54, 1.807) is 0 Å². The van der Waals surface area contributed by atoms with Gasteiger partial charge in [-0.1, -0.05) is 18.2 Å². The van der Waals surface area contributed by atoms with Crippen LogP contribution in [0.15, 0.2) is 42.5 Å². The Hall–Kier alpha value is -2.97. The summed E-state index contributed by atoms with van der Waals surface area (Å²) in [5, 5.41) is 11.3. The highest BCUT2D eigenvalue weighted by Crippen LogP contribution is 2.29. The van der Waals surface area contributed by atoms with Crippen LogP contribution in [-0.2, 0) is 28.6 Å². The van der Waals surface area contributed by atoms with Crippen molar-refractivity contribution >= 4 is 11.9 Å². The minimum atomic E-state index is -4.53. The largest absolute Gasteiger partial charge is 0.480 e. The lowest BCUT2D eigenvalue weighted by Crippen LogP contribution is -2.43. The molecule has 2 aromatic carbocycles. The van der Waals surface area contributed by atoms with E-state index in [4.69, 9.17) is 0 Å². The summed E-state index contributed by atoms with van der Waals surface area (Å²) in [5.74, 6) is -4.25. The standard InChI is InChI=1S/C18H14F5NO3/c19-13-2-1-3-14(20)12(13)9-16(25)24-15(17(26)27)8-10-4-6-11(7-5-10)18(21,22)23/h1-7,15H,8-9H2,(H,24,25)(H,26,27)/t15-/m0/s1. The summed E-state index contributed by atoms with van der Waals surface area (Å²) in [6.07, 6.45) is -5.53. The molecule has 0 bridgehead atoms. The van der Waals surface area contributed by atoms with Crippen LogP contribution in [0.3, 0.4) is 0 Å². The van der Waals surface area contributed by atoms with Crippen LogP contribution < -0.4 is 5.32 Å². The number of amides is 1. The summed E-state index contributed by atoms with van der Waals surface area (Å²) in [4.78, 5) is 23.3. The molecule has 0 aliphatic rings. The molecule has 0 heterocycles. The number of aliphatic carboxylic acids is 1. The number of carbonyl (C=O) groups excluding carboxylic acids is 1. The third-order valence-electron chi connectivity index (χ3n) is 3.75. The molecule has 0 saturated carbocycles. The average molecular weight is 387 g/mol. The van der Waals surface area contributed by atoms with E-state index in [9.17, 15) is 36.6 Å². The molecule has 144 valence electrons. The van der Waals surface area contributed by atoms with Crippen molar-refractivity contribution in [3.8, 4) is 0 Å². The summed E-state index contributed by atoms with van der Waals surface area (Å²) in [7, 11) is 0. The predicted molar refractivity (Wildman–Crippen MR) is 84.8 cm³/mol. The first-order valence-electron chi connectivity index (χ1n) is 7.69. The van der Waals surface area contributed by atoms with Gasteiger partial charge in [-0.15, -0.1) is 0 Å². The van der Waals surface area contributed by atoms with Crippen molar-refractivity contribution in [2.45, 2.75) is 25.1 Å². The number of nitrogens with one attached hydrogen (secondary N) is 1. The van der Waals surface area contributed by atoms with E-state index in [1.165, 1.54) is 0 Å². The second-order valence-corrected chi connectivity index (χ2v) is 5.73. The SMILES string of the molecule is O=C(Cc1c(F)cccc1F)N[C@@H](Cc1ccc(C(F)(F)F)cc1)C(=O)O. The molecule has 0 saturated heterocycles. The Morgan fingerprint density at radius 1 is 1.00 bits per heavy atom. The number of halogens is 5. The number of hydrogen-bond acceptors (Lipinski definition) is 2. The maximum absolute atomic E-state index is 13.6. The first-order valence-corrected chi connectivity index (χ1v) is 7.69. The van der Waals surface area contributed by atoms with Crippen LogP contribution in [0.5, 0.6) is 0 Å². The molecule has 0 spiro atoms. The Balaban J connectivity index is 2.07. The maximum atomic E-state index is 13.6. The van der Waals surface area contributed by atoms with Gasteiger partial charge in [0.25, 0.3) is 0 Å². The van der Waals surface area contributed by atoms with E-state index in [1.807, 2.05) is 0 Å². The molecule has 27 heavy (non-hydrogen) atoms. The molecule has 0 radical (unpaired) electrons. The molecule has 0 fully saturated rings. The van der Waals surface area contributed by atoms with Crippen molar-refractivity contribution in [3.05, 3.63) is 70.8 Å². The van der Waals surface area contributed by atoms with E-state index >= 15 is 0 Å². The second-order valence-electron chi connectivity index (χ2n) is 5.73. The number of benzene rings is 2. The predicted octanol–water partition coefficient (Wildman–Crippen LogP) is 3.34. The molecular weight excluding hydrogens is 373 g/mol. The Kier molecular flexibility index (Phi) is 6.14. The number of alkyl halides is 3. The van der Waals surface area contributed by atoms with Gasteiger partial charge in [-0.25, -0.2) is 13.6 Å². The fourth-order valence-electron chi connectivity index (χ4n) is 2.37. The van der Waals surface area contributed by atoms with Crippen LogP contribution in [-0.4, -0.2) is 23.0 Å². The summed E-state index contributed by atoms with van der Waals surface area (Å²) < 4.78 is 64.7. The Morgan fingerprint density at radius 3 is 2.04 bits per heavy atom. The average Bonchev–Trinajstić information content (AvgIpc) is 2.57. The van der Waals surface area contributed by atoms with Crippen molar-refractivity contribution in [2.24, 2.45) is 0 Å². The molecule has 0 aliphatic heterocycles. The van der Waals surface area contributed by atoms with E-state index < -0.39 is 53.3 Å². The zero-order chi connectivity index (χ0) is 20.2. The second kappa shape index (κ2) is 8.15. The molecular formula is C18H14F5NO3. The van der Waals surface area contributed by atoms with Gasteiger partial charge in [0.2, 0.25) is 5.91 Å². The minimum absolute atomic E-state index is 0.243. The van der Waals surface area contributed by atoms with Gasteiger partial charge in [-0.3, -0.25) is 4.79 Å². The van der Waals surface area contributed by atoms with Crippen LogP contribution in [0.2, 0.25) is 0 Å². The van der Waals surface area contributed by atoms with E-state index in [0.717, 1.165) is 42.5 Å². The van der Waals surface area contributed by atoms with Gasteiger partial charge < -0.3 is 10.4 Å². The summed E-state index contributed by atoms with van der Waals surface area (Å²) >= 11 is 0. The monoisotopic (exact) mass is 387 g/mol. The molecule has 0 unspecified atom stereocenters. The fourth-order valence-corrected chi connectivity index (χ4v) is 2.37. The molecule has 0 aliphatic carbocycles. The molecule has 1 atom stereocenters. The minimum Gasteiger partial charge on any atom is -0.480 e. The number of carboxylic acid groups (broad SMARTS) is 1. The molecule has 2 N–H and O–H groups in total. The number of carboxylic acids is 1. The van der Waals surface area contributed by atoms with Gasteiger partial charge in [0.15, 0.2) is 0 Å². The molecule has 2 aromatic rings. The topological polar surface area (TPSA) is 66.4 Å². The van der Waals surface area contributed by atoms with Gasteiger partial charge in [0.1, 0.15) is 17.7 Å². The van der Waals surface area contributed by atoms with E-state index in [-0.39, 0.29) is 12.0 Å². The number of carbonyl (C=O) groups is 2. The first kappa shape index (κ1) is 20.3. The van der Waals surface area contributed by atoms with Crippen LogP contribution in [0, 0.1) is 11.6 Å². The molecule has 9 heteroatoms. The fraction of sp³-hybridized carbons (Fsp3) is 0.222. The smallest absolute Gasteiger partial charge is 0.416 e. The normalized spacial score (nSPS) is 12.5. The third kappa shape index (κ3) is 5.50. The lowest BCUT2D eigenvalue weighted by Gasteiger charge is -2.15. The highest BCUT2D eigenvalue weighted by Gasteiger charge is 2.30. The van der Waals surface area contributed by atoms with Gasteiger partial charge in [-0.2, -0.15) is 13.2 Å². The highest BCUT2D eigenvalue weighted by atomic mass is 19.4. The van der Waals surface area contributed by atoms with Crippen molar-refractivity contribution in [3.63, 3.8) is 0 Å².